The van der Waals surface area contributed by atoms with E-state index in [0.717, 1.165) is 37.3 Å². The molecule has 0 radical (unpaired) electrons. The Morgan fingerprint density at radius 3 is 2.81 bits per heavy atom. The van der Waals surface area contributed by atoms with E-state index in [4.69, 9.17) is 0 Å². The van der Waals surface area contributed by atoms with Crippen LogP contribution in [0.5, 0.6) is 0 Å². The Bertz CT molecular complexity index is 556. The quantitative estimate of drug-likeness (QED) is 0.867. The van der Waals surface area contributed by atoms with Crippen molar-refractivity contribution in [3.63, 3.8) is 0 Å². The second kappa shape index (κ2) is 6.78. The van der Waals surface area contributed by atoms with Gasteiger partial charge in [0.1, 0.15) is 0 Å². The Balaban J connectivity index is 1.58. The van der Waals surface area contributed by atoms with Gasteiger partial charge in [-0.15, -0.1) is 5.10 Å². The van der Waals surface area contributed by atoms with Gasteiger partial charge in [0.25, 0.3) is 0 Å². The number of hydrogen-bond donors (Lipinski definition) is 2. The summed E-state index contributed by atoms with van der Waals surface area (Å²) in [6.45, 7) is 1.41. The van der Waals surface area contributed by atoms with E-state index in [0.29, 0.717) is 12.5 Å². The average Bonchev–Trinajstić information content (AvgIpc) is 2.99. The number of benzene rings is 1. The van der Waals surface area contributed by atoms with Crippen molar-refractivity contribution in [3.05, 3.63) is 36.2 Å². The summed E-state index contributed by atoms with van der Waals surface area (Å²) in [6.07, 6.45) is 4.21. The van der Waals surface area contributed by atoms with Gasteiger partial charge in [0.2, 0.25) is 0 Å². The number of aliphatic hydroxyl groups excluding tert-OH is 1. The van der Waals surface area contributed by atoms with E-state index in [9.17, 15) is 5.11 Å². The van der Waals surface area contributed by atoms with E-state index in [-0.39, 0.29) is 6.10 Å². The molecule has 0 amide bonds. The molecule has 2 atom stereocenters. The highest BCUT2D eigenvalue weighted by molar-refractivity contribution is 5.30. The molecule has 2 aromatic rings. The van der Waals surface area contributed by atoms with Gasteiger partial charge in [-0.3, -0.25) is 0 Å². The van der Waals surface area contributed by atoms with Crippen LogP contribution in [0, 0.1) is 5.92 Å². The number of nitrogens with zero attached hydrogens (tertiary/aromatic N) is 4. The van der Waals surface area contributed by atoms with E-state index in [1.54, 1.807) is 4.68 Å². The lowest BCUT2D eigenvalue weighted by Gasteiger charge is -2.27. The molecule has 2 N–H and O–H groups in total. The molecule has 6 heteroatoms. The predicted molar refractivity (Wildman–Crippen MR) is 78.8 cm³/mol. The molecule has 0 bridgehead atoms. The SMILES string of the molecule is OC1CCCCC1CNCc1nnnn1-c1ccccc1. The smallest absolute Gasteiger partial charge is 0.170 e. The molecule has 3 rings (SSSR count). The van der Waals surface area contributed by atoms with Gasteiger partial charge in [-0.1, -0.05) is 31.0 Å². The van der Waals surface area contributed by atoms with Crippen molar-refractivity contribution >= 4 is 0 Å². The summed E-state index contributed by atoms with van der Waals surface area (Å²) in [6, 6.07) is 9.85. The summed E-state index contributed by atoms with van der Waals surface area (Å²) in [5.74, 6) is 1.13. The van der Waals surface area contributed by atoms with Crippen molar-refractivity contribution in [2.45, 2.75) is 38.3 Å². The fraction of sp³-hybridized carbons (Fsp3) is 0.533. The van der Waals surface area contributed by atoms with Crippen LogP contribution in [0.15, 0.2) is 30.3 Å². The summed E-state index contributed by atoms with van der Waals surface area (Å²) in [7, 11) is 0. The fourth-order valence-corrected chi connectivity index (χ4v) is 2.88. The van der Waals surface area contributed by atoms with E-state index >= 15 is 0 Å². The minimum absolute atomic E-state index is 0.170. The fourth-order valence-electron chi connectivity index (χ4n) is 2.88. The Morgan fingerprint density at radius 1 is 1.19 bits per heavy atom. The predicted octanol–water partition coefficient (Wildman–Crippen LogP) is 1.30. The first kappa shape index (κ1) is 14.2. The summed E-state index contributed by atoms with van der Waals surface area (Å²) < 4.78 is 1.74. The van der Waals surface area contributed by atoms with Crippen molar-refractivity contribution in [1.82, 2.24) is 25.5 Å². The standard InChI is InChI=1S/C15H21N5O/c21-14-9-5-4-6-12(14)10-16-11-15-17-18-19-20(15)13-7-2-1-3-8-13/h1-3,7-8,12,14,16,21H,4-6,9-11H2. The Labute approximate surface area is 124 Å². The zero-order valence-electron chi connectivity index (χ0n) is 12.0. The number of hydrogen-bond acceptors (Lipinski definition) is 5. The Hall–Kier alpha value is -1.79. The Morgan fingerprint density at radius 2 is 2.00 bits per heavy atom. The molecule has 1 aromatic heterocycles. The third-order valence-corrected chi connectivity index (χ3v) is 4.09. The van der Waals surface area contributed by atoms with Crippen molar-refractivity contribution in [3.8, 4) is 5.69 Å². The highest BCUT2D eigenvalue weighted by atomic mass is 16.3. The monoisotopic (exact) mass is 287 g/mol. The first-order chi connectivity index (χ1) is 10.3. The number of rotatable bonds is 5. The lowest BCUT2D eigenvalue weighted by Crippen LogP contribution is -2.34. The maximum atomic E-state index is 9.97. The second-order valence-corrected chi connectivity index (χ2v) is 5.59. The summed E-state index contributed by atoms with van der Waals surface area (Å²) >= 11 is 0. The molecule has 0 aliphatic heterocycles. The van der Waals surface area contributed by atoms with E-state index in [1.165, 1.54) is 6.42 Å². The minimum Gasteiger partial charge on any atom is -0.393 e. The minimum atomic E-state index is -0.170. The first-order valence-corrected chi connectivity index (χ1v) is 7.56. The lowest BCUT2D eigenvalue weighted by atomic mass is 9.86. The first-order valence-electron chi connectivity index (χ1n) is 7.56. The van der Waals surface area contributed by atoms with Gasteiger partial charge in [-0.2, -0.15) is 4.68 Å². The van der Waals surface area contributed by atoms with Gasteiger partial charge < -0.3 is 10.4 Å². The van der Waals surface area contributed by atoms with Crippen LogP contribution in [0.3, 0.4) is 0 Å². The second-order valence-electron chi connectivity index (χ2n) is 5.59. The van der Waals surface area contributed by atoms with Crippen molar-refractivity contribution in [1.29, 1.82) is 0 Å². The van der Waals surface area contributed by atoms with E-state index in [2.05, 4.69) is 20.8 Å². The molecule has 0 saturated heterocycles. The highest BCUT2D eigenvalue weighted by Gasteiger charge is 2.22. The molecular formula is C15H21N5O. The van der Waals surface area contributed by atoms with Crippen LogP contribution in [0.1, 0.15) is 31.5 Å². The molecule has 1 aromatic carbocycles. The van der Waals surface area contributed by atoms with Gasteiger partial charge in [0.05, 0.1) is 18.3 Å². The van der Waals surface area contributed by atoms with Gasteiger partial charge in [0, 0.05) is 6.54 Å². The zero-order valence-corrected chi connectivity index (χ0v) is 12.0. The molecule has 2 unspecified atom stereocenters. The molecule has 112 valence electrons. The van der Waals surface area contributed by atoms with Crippen LogP contribution < -0.4 is 5.32 Å². The van der Waals surface area contributed by atoms with E-state index in [1.807, 2.05) is 30.3 Å². The third-order valence-electron chi connectivity index (χ3n) is 4.09. The van der Waals surface area contributed by atoms with Crippen LogP contribution in [0.4, 0.5) is 0 Å². The molecule has 6 nitrogen and oxygen atoms in total. The summed E-state index contributed by atoms with van der Waals surface area (Å²) in [5, 5.41) is 25.2. The molecule has 0 spiro atoms. The molecule has 1 aliphatic carbocycles. The van der Waals surface area contributed by atoms with Crippen molar-refractivity contribution in [2.24, 2.45) is 5.92 Å². The third kappa shape index (κ3) is 3.46. The topological polar surface area (TPSA) is 75.9 Å². The van der Waals surface area contributed by atoms with Crippen molar-refractivity contribution in [2.75, 3.05) is 6.54 Å². The maximum absolute atomic E-state index is 9.97. The molecule has 21 heavy (non-hydrogen) atoms. The van der Waals surface area contributed by atoms with Crippen LogP contribution >= 0.6 is 0 Å². The lowest BCUT2D eigenvalue weighted by molar-refractivity contribution is 0.0694. The molecule has 1 aliphatic rings. The number of para-hydroxylation sites is 1. The van der Waals surface area contributed by atoms with Crippen LogP contribution in [-0.4, -0.2) is 38.0 Å². The average molecular weight is 287 g/mol. The zero-order chi connectivity index (χ0) is 14.5. The number of nitrogens with one attached hydrogen (secondary N) is 1. The van der Waals surface area contributed by atoms with Gasteiger partial charge >= 0.3 is 0 Å². The van der Waals surface area contributed by atoms with Gasteiger partial charge in [-0.25, -0.2) is 0 Å². The van der Waals surface area contributed by atoms with Gasteiger partial charge in [-0.05, 0) is 41.3 Å². The molecule has 1 fully saturated rings. The Kier molecular flexibility index (Phi) is 4.57. The summed E-state index contributed by atoms with van der Waals surface area (Å²) in [4.78, 5) is 0. The summed E-state index contributed by atoms with van der Waals surface area (Å²) in [5.41, 5.74) is 0.956. The van der Waals surface area contributed by atoms with Crippen LogP contribution in [0.2, 0.25) is 0 Å². The largest absolute Gasteiger partial charge is 0.393 e. The van der Waals surface area contributed by atoms with Crippen LogP contribution in [-0.2, 0) is 6.54 Å². The maximum Gasteiger partial charge on any atom is 0.170 e. The van der Waals surface area contributed by atoms with Gasteiger partial charge in [0.15, 0.2) is 5.82 Å². The number of aromatic nitrogens is 4. The van der Waals surface area contributed by atoms with Crippen molar-refractivity contribution < 1.29 is 5.11 Å². The normalized spacial score (nSPS) is 22.3. The number of aliphatic hydroxyl groups is 1. The van der Waals surface area contributed by atoms with Crippen LogP contribution in [0.25, 0.3) is 5.69 Å². The molecule has 1 heterocycles. The highest BCUT2D eigenvalue weighted by Crippen LogP contribution is 2.23. The number of tetrazole rings is 1. The van der Waals surface area contributed by atoms with E-state index < -0.39 is 0 Å². The molecular weight excluding hydrogens is 266 g/mol. The molecule has 1 saturated carbocycles.